The summed E-state index contributed by atoms with van der Waals surface area (Å²) < 4.78 is 33.5. The Hall–Kier alpha value is -2.23. The molecule has 0 amide bonds. The molecule has 192 valence electrons. The molecule has 0 aliphatic carbocycles. The van der Waals surface area contributed by atoms with E-state index in [-0.39, 0.29) is 4.90 Å². The maximum absolute atomic E-state index is 13.4. The van der Waals surface area contributed by atoms with Gasteiger partial charge in [-0.1, -0.05) is 48.3 Å². The van der Waals surface area contributed by atoms with Crippen molar-refractivity contribution in [3.8, 4) is 16.9 Å². The number of nitrogens with zero attached hydrogens (tertiary/aromatic N) is 1. The predicted octanol–water partition coefficient (Wildman–Crippen LogP) is 6.63. The van der Waals surface area contributed by atoms with Gasteiger partial charge in [0.15, 0.2) is 6.61 Å². The number of halogens is 2. The van der Waals surface area contributed by atoms with Crippen LogP contribution in [0.25, 0.3) is 11.1 Å². The molecule has 0 saturated heterocycles. The molecule has 10 heteroatoms. The summed E-state index contributed by atoms with van der Waals surface area (Å²) in [6.07, 6.45) is 0.694. The average Bonchev–Trinajstić information content (AvgIpc) is 2.84. The Morgan fingerprint density at radius 1 is 0.972 bits per heavy atom. The first kappa shape index (κ1) is 28.3. The largest absolute Gasteiger partial charge is 0.482 e. The Labute approximate surface area is 226 Å². The third-order valence-corrected chi connectivity index (χ3v) is 8.95. The number of sulfonamides is 1. The zero-order valence-corrected chi connectivity index (χ0v) is 23.1. The van der Waals surface area contributed by atoms with E-state index < -0.39 is 22.6 Å². The number of thioether (sulfide) groups is 1. The number of rotatable bonds is 12. The third-order valence-electron chi connectivity index (χ3n) is 5.32. The molecule has 0 saturated carbocycles. The van der Waals surface area contributed by atoms with Crippen LogP contribution in [0.3, 0.4) is 0 Å². The van der Waals surface area contributed by atoms with E-state index in [2.05, 4.69) is 0 Å². The van der Waals surface area contributed by atoms with E-state index >= 15 is 0 Å². The molecule has 3 aromatic carbocycles. The topological polar surface area (TPSA) is 83.9 Å². The standard InChI is InChI=1S/C26H27Cl2NO5S2/c1-3-12-29(13-14-35-21-7-11-25(18(2)15-21)34-17-26(30)31)36(32,33)22-8-4-19(5-9-22)20-6-10-23(27)24(28)16-20/h4-11,15-16H,3,12-14,17H2,1-2H3,(H,30,31). The van der Waals surface area contributed by atoms with Gasteiger partial charge in [-0.05, 0) is 72.5 Å². The van der Waals surface area contributed by atoms with Crippen molar-refractivity contribution in [1.82, 2.24) is 4.31 Å². The molecule has 6 nitrogen and oxygen atoms in total. The summed E-state index contributed by atoms with van der Waals surface area (Å²) in [5.41, 5.74) is 2.52. The summed E-state index contributed by atoms with van der Waals surface area (Å²) in [6.45, 7) is 4.16. The van der Waals surface area contributed by atoms with Crippen molar-refractivity contribution in [2.75, 3.05) is 25.4 Å². The maximum atomic E-state index is 13.4. The van der Waals surface area contributed by atoms with Crippen LogP contribution >= 0.6 is 35.0 Å². The molecule has 0 fully saturated rings. The van der Waals surface area contributed by atoms with Crippen molar-refractivity contribution < 1.29 is 23.1 Å². The van der Waals surface area contributed by atoms with Gasteiger partial charge in [0.1, 0.15) is 5.75 Å². The van der Waals surface area contributed by atoms with Gasteiger partial charge in [0.2, 0.25) is 10.0 Å². The number of aryl methyl sites for hydroxylation is 1. The Balaban J connectivity index is 1.67. The number of carboxylic acid groups (broad SMARTS) is 1. The van der Waals surface area contributed by atoms with E-state index in [9.17, 15) is 13.2 Å². The number of hydrogen-bond acceptors (Lipinski definition) is 5. The molecule has 36 heavy (non-hydrogen) atoms. The summed E-state index contributed by atoms with van der Waals surface area (Å²) in [6, 6.07) is 17.5. The highest BCUT2D eigenvalue weighted by Gasteiger charge is 2.23. The summed E-state index contributed by atoms with van der Waals surface area (Å²) in [4.78, 5) is 11.9. The van der Waals surface area contributed by atoms with Crippen LogP contribution < -0.4 is 4.74 Å². The first-order chi connectivity index (χ1) is 17.1. The van der Waals surface area contributed by atoms with Crippen LogP contribution in [0.5, 0.6) is 5.75 Å². The maximum Gasteiger partial charge on any atom is 0.341 e. The van der Waals surface area contributed by atoms with Crippen LogP contribution in [0.15, 0.2) is 70.5 Å². The molecule has 1 N–H and O–H groups in total. The van der Waals surface area contributed by atoms with Crippen LogP contribution in [0.1, 0.15) is 18.9 Å². The van der Waals surface area contributed by atoms with E-state index in [0.29, 0.717) is 41.1 Å². The molecule has 0 unspecified atom stereocenters. The lowest BCUT2D eigenvalue weighted by Crippen LogP contribution is -2.33. The number of carboxylic acids is 1. The normalized spacial score (nSPS) is 11.6. The minimum absolute atomic E-state index is 0.237. The van der Waals surface area contributed by atoms with Gasteiger partial charge in [0, 0.05) is 23.7 Å². The van der Waals surface area contributed by atoms with Crippen molar-refractivity contribution in [3.05, 3.63) is 76.3 Å². The Kier molecular flexibility index (Phi) is 10.1. The number of ether oxygens (including phenoxy) is 1. The van der Waals surface area contributed by atoms with E-state index in [1.807, 2.05) is 32.0 Å². The van der Waals surface area contributed by atoms with Gasteiger partial charge in [-0.25, -0.2) is 13.2 Å². The van der Waals surface area contributed by atoms with Gasteiger partial charge in [-0.15, -0.1) is 11.8 Å². The molecule has 3 aromatic rings. The van der Waals surface area contributed by atoms with Crippen LogP contribution in [-0.4, -0.2) is 49.2 Å². The third kappa shape index (κ3) is 7.40. The molecule has 0 spiro atoms. The van der Waals surface area contributed by atoms with Crippen LogP contribution in [0, 0.1) is 6.92 Å². The van der Waals surface area contributed by atoms with Crippen LogP contribution in [0.2, 0.25) is 10.0 Å². The Morgan fingerprint density at radius 3 is 2.28 bits per heavy atom. The molecule has 3 rings (SSSR count). The highest BCUT2D eigenvalue weighted by Crippen LogP contribution is 2.30. The fourth-order valence-electron chi connectivity index (χ4n) is 3.52. The lowest BCUT2D eigenvalue weighted by molar-refractivity contribution is -0.139. The molecule has 0 heterocycles. The van der Waals surface area contributed by atoms with E-state index in [1.165, 1.54) is 16.1 Å². The minimum Gasteiger partial charge on any atom is -0.482 e. The van der Waals surface area contributed by atoms with Crippen LogP contribution in [0.4, 0.5) is 0 Å². The molecular weight excluding hydrogens is 541 g/mol. The van der Waals surface area contributed by atoms with E-state index in [1.54, 1.807) is 42.5 Å². The summed E-state index contributed by atoms with van der Waals surface area (Å²) in [7, 11) is -3.66. The molecule has 0 aromatic heterocycles. The van der Waals surface area contributed by atoms with Gasteiger partial charge in [0.05, 0.1) is 14.9 Å². The molecular formula is C26H27Cl2NO5S2. The second-order valence-corrected chi connectivity index (χ2v) is 11.9. The minimum atomic E-state index is -3.66. The SMILES string of the molecule is CCCN(CCSc1ccc(OCC(=O)O)c(C)c1)S(=O)(=O)c1ccc(-c2ccc(Cl)c(Cl)c2)cc1. The zero-order valence-electron chi connectivity index (χ0n) is 19.9. The predicted molar refractivity (Wildman–Crippen MR) is 146 cm³/mol. The van der Waals surface area contributed by atoms with E-state index in [0.717, 1.165) is 21.6 Å². The molecule has 0 radical (unpaired) electrons. The lowest BCUT2D eigenvalue weighted by Gasteiger charge is -2.22. The van der Waals surface area contributed by atoms with Gasteiger partial charge < -0.3 is 9.84 Å². The Bertz CT molecular complexity index is 1310. The summed E-state index contributed by atoms with van der Waals surface area (Å²) in [5, 5.41) is 9.68. The fourth-order valence-corrected chi connectivity index (χ4v) is 6.44. The Morgan fingerprint density at radius 2 is 1.67 bits per heavy atom. The average molecular weight is 569 g/mol. The number of carbonyl (C=O) groups is 1. The molecule has 0 atom stereocenters. The van der Waals surface area contributed by atoms with Crippen LogP contribution in [-0.2, 0) is 14.8 Å². The second kappa shape index (κ2) is 12.8. The van der Waals surface area contributed by atoms with Gasteiger partial charge in [-0.3, -0.25) is 0 Å². The quantitative estimate of drug-likeness (QED) is 0.247. The lowest BCUT2D eigenvalue weighted by atomic mass is 10.1. The molecule has 0 aliphatic heterocycles. The van der Waals surface area contributed by atoms with Crippen molar-refractivity contribution in [1.29, 1.82) is 0 Å². The van der Waals surface area contributed by atoms with Crippen molar-refractivity contribution >= 4 is 51.0 Å². The summed E-state index contributed by atoms with van der Waals surface area (Å²) in [5.74, 6) is 0.0466. The highest BCUT2D eigenvalue weighted by atomic mass is 35.5. The number of benzene rings is 3. The number of aliphatic carboxylic acids is 1. The zero-order chi connectivity index (χ0) is 26.3. The van der Waals surface area contributed by atoms with Gasteiger partial charge in [0.25, 0.3) is 0 Å². The second-order valence-electron chi connectivity index (χ2n) is 8.02. The first-order valence-electron chi connectivity index (χ1n) is 11.3. The van der Waals surface area contributed by atoms with Crippen molar-refractivity contribution in [3.63, 3.8) is 0 Å². The first-order valence-corrected chi connectivity index (χ1v) is 14.4. The highest BCUT2D eigenvalue weighted by molar-refractivity contribution is 7.99. The monoisotopic (exact) mass is 567 g/mol. The van der Waals surface area contributed by atoms with Crippen molar-refractivity contribution in [2.45, 2.75) is 30.1 Å². The van der Waals surface area contributed by atoms with Gasteiger partial charge >= 0.3 is 5.97 Å². The van der Waals surface area contributed by atoms with Crippen molar-refractivity contribution in [2.24, 2.45) is 0 Å². The van der Waals surface area contributed by atoms with E-state index in [4.69, 9.17) is 33.0 Å². The summed E-state index contributed by atoms with van der Waals surface area (Å²) >= 11 is 13.6. The molecule has 0 bridgehead atoms. The number of hydrogen-bond donors (Lipinski definition) is 1. The fraction of sp³-hybridized carbons (Fsp3) is 0.269. The smallest absolute Gasteiger partial charge is 0.341 e. The van der Waals surface area contributed by atoms with Gasteiger partial charge in [-0.2, -0.15) is 4.31 Å². The molecule has 0 aliphatic rings.